The van der Waals surface area contributed by atoms with Crippen molar-refractivity contribution in [3.8, 4) is 11.6 Å². The molecule has 0 amide bonds. The van der Waals surface area contributed by atoms with Gasteiger partial charge in [0.2, 0.25) is 5.88 Å². The first kappa shape index (κ1) is 21.2. The fourth-order valence-corrected chi connectivity index (χ4v) is 3.51. The number of hydrogen-bond acceptors (Lipinski definition) is 6. The fraction of sp³-hybridized carbons (Fsp3) is 0.261. The summed E-state index contributed by atoms with van der Waals surface area (Å²) in [7, 11) is 0. The molecule has 0 saturated carbocycles. The number of aromatic nitrogens is 2. The van der Waals surface area contributed by atoms with Gasteiger partial charge in [-0.3, -0.25) is 9.83 Å². The molecule has 0 saturated heterocycles. The molecule has 0 bridgehead atoms. The highest BCUT2D eigenvalue weighted by molar-refractivity contribution is 6.30. The van der Waals surface area contributed by atoms with Gasteiger partial charge in [0.25, 0.3) is 0 Å². The zero-order chi connectivity index (χ0) is 22.0. The molecule has 1 atom stereocenters. The molecule has 2 aromatic carbocycles. The van der Waals surface area contributed by atoms with Gasteiger partial charge in [0, 0.05) is 0 Å². The lowest BCUT2D eigenvalue weighted by Gasteiger charge is -2.23. The lowest BCUT2D eigenvalue weighted by molar-refractivity contribution is 0.0623. The molecule has 160 valence electrons. The van der Waals surface area contributed by atoms with E-state index in [0.717, 1.165) is 6.42 Å². The Morgan fingerprint density at radius 1 is 1.16 bits per heavy atom. The summed E-state index contributed by atoms with van der Waals surface area (Å²) < 4.78 is 20.0. The van der Waals surface area contributed by atoms with Gasteiger partial charge in [0.15, 0.2) is 17.4 Å². The Labute approximate surface area is 185 Å². The minimum absolute atomic E-state index is 0.0378. The number of nitrogens with zero attached hydrogens (tertiary/aromatic N) is 3. The van der Waals surface area contributed by atoms with Gasteiger partial charge in [-0.15, -0.1) is 5.10 Å². The molecule has 3 aromatic rings. The van der Waals surface area contributed by atoms with E-state index in [9.17, 15) is 4.39 Å². The van der Waals surface area contributed by atoms with Crippen LogP contribution in [0, 0.1) is 26.6 Å². The highest BCUT2D eigenvalue weighted by atomic mass is 35.5. The molecule has 1 N–H and O–H groups in total. The molecule has 2 heterocycles. The highest BCUT2D eigenvalue weighted by Gasteiger charge is 2.23. The molecule has 6 nitrogen and oxygen atoms in total. The van der Waals surface area contributed by atoms with Crippen molar-refractivity contribution in [2.45, 2.75) is 33.2 Å². The third kappa shape index (κ3) is 4.84. The Morgan fingerprint density at radius 2 is 2.00 bits per heavy atom. The number of hydroxylamine groups is 1. The van der Waals surface area contributed by atoms with Crippen LogP contribution in [0.4, 0.5) is 4.39 Å². The van der Waals surface area contributed by atoms with E-state index < -0.39 is 5.82 Å². The van der Waals surface area contributed by atoms with Gasteiger partial charge < -0.3 is 4.74 Å². The molecular weight excluding hydrogens is 419 g/mol. The third-order valence-electron chi connectivity index (χ3n) is 4.98. The summed E-state index contributed by atoms with van der Waals surface area (Å²) in [6, 6.07) is 12.6. The number of nitrogens with one attached hydrogen (secondary N) is 1. The number of ether oxygens (including phenoxy) is 1. The molecule has 1 aliphatic rings. The Bertz CT molecular complexity index is 1150. The number of amidine groups is 1. The van der Waals surface area contributed by atoms with E-state index >= 15 is 0 Å². The lowest BCUT2D eigenvalue weighted by atomic mass is 9.99. The van der Waals surface area contributed by atoms with E-state index in [2.05, 4.69) is 47.7 Å². The van der Waals surface area contributed by atoms with Crippen molar-refractivity contribution in [3.05, 3.63) is 81.3 Å². The number of benzene rings is 2. The first-order valence-corrected chi connectivity index (χ1v) is 10.3. The average molecular weight is 441 g/mol. The minimum atomic E-state index is -0.667. The van der Waals surface area contributed by atoms with Crippen molar-refractivity contribution in [1.29, 1.82) is 0 Å². The predicted molar refractivity (Wildman–Crippen MR) is 117 cm³/mol. The van der Waals surface area contributed by atoms with Crippen molar-refractivity contribution < 1.29 is 14.0 Å². The van der Waals surface area contributed by atoms with Crippen LogP contribution in [-0.4, -0.2) is 28.7 Å². The summed E-state index contributed by atoms with van der Waals surface area (Å²) >= 11 is 5.87. The second-order valence-corrected chi connectivity index (χ2v) is 7.94. The van der Waals surface area contributed by atoms with Crippen LogP contribution in [-0.2, 0) is 11.3 Å². The van der Waals surface area contributed by atoms with Crippen molar-refractivity contribution in [3.63, 3.8) is 0 Å². The summed E-state index contributed by atoms with van der Waals surface area (Å²) in [4.78, 5) is 10.4. The van der Waals surface area contributed by atoms with Gasteiger partial charge in [-0.1, -0.05) is 41.4 Å². The smallest absolute Gasteiger partial charge is 0.250 e. The number of hydrogen-bond donors (Lipinski definition) is 1. The van der Waals surface area contributed by atoms with Crippen LogP contribution in [0.5, 0.6) is 11.6 Å². The fourth-order valence-electron chi connectivity index (χ4n) is 3.35. The van der Waals surface area contributed by atoms with Crippen LogP contribution >= 0.6 is 11.6 Å². The summed E-state index contributed by atoms with van der Waals surface area (Å²) in [5, 5.41) is 8.09. The van der Waals surface area contributed by atoms with Gasteiger partial charge in [0.05, 0.1) is 28.9 Å². The quantitative estimate of drug-likeness (QED) is 0.612. The molecule has 1 aromatic heterocycles. The van der Waals surface area contributed by atoms with E-state index in [1.165, 1.54) is 28.8 Å². The van der Waals surface area contributed by atoms with E-state index in [1.807, 2.05) is 0 Å². The molecule has 31 heavy (non-hydrogen) atoms. The van der Waals surface area contributed by atoms with Crippen LogP contribution < -0.4 is 10.2 Å². The Hall–Kier alpha value is -3.03. The second-order valence-electron chi connectivity index (χ2n) is 7.54. The maximum Gasteiger partial charge on any atom is 0.250 e. The predicted octanol–water partition coefficient (Wildman–Crippen LogP) is 4.88. The number of halogens is 2. The van der Waals surface area contributed by atoms with Crippen LogP contribution in [0.3, 0.4) is 0 Å². The van der Waals surface area contributed by atoms with Gasteiger partial charge in [-0.2, -0.15) is 5.10 Å². The van der Waals surface area contributed by atoms with Crippen molar-refractivity contribution in [2.75, 3.05) is 6.61 Å². The number of aryl methyl sites for hydroxylation is 3. The van der Waals surface area contributed by atoms with Gasteiger partial charge in [-0.05, 0) is 56.5 Å². The standard InChI is InChI=1S/C23H22ClFN4O2/c1-13-7-8-14(2)16(9-13)11-17-12-30-29-22(26-17)18-10-15(3)27-28-23(18)31-20-6-4-5-19(24)21(20)25/h4-10,17H,11-12H2,1-3H3,(H,26,29). The molecular formula is C23H22ClFN4O2. The highest BCUT2D eigenvalue weighted by Crippen LogP contribution is 2.30. The average Bonchev–Trinajstić information content (AvgIpc) is 2.75. The van der Waals surface area contributed by atoms with E-state index in [4.69, 9.17) is 26.2 Å². The SMILES string of the molecule is Cc1ccc(C)c(CC2CONC(c3cc(C)nnc3Oc3cccc(Cl)c3F)=N2)c1. The minimum Gasteiger partial charge on any atom is -0.434 e. The number of aliphatic imine (C=N–C) groups is 1. The summed E-state index contributed by atoms with van der Waals surface area (Å²) in [6.45, 7) is 6.38. The van der Waals surface area contributed by atoms with Gasteiger partial charge >= 0.3 is 0 Å². The van der Waals surface area contributed by atoms with Crippen LogP contribution in [0.25, 0.3) is 0 Å². The molecule has 0 radical (unpaired) electrons. The van der Waals surface area contributed by atoms with Crippen LogP contribution in [0.1, 0.15) is 27.9 Å². The molecule has 8 heteroatoms. The second kappa shape index (κ2) is 8.99. The molecule has 1 aliphatic heterocycles. The van der Waals surface area contributed by atoms with E-state index in [0.29, 0.717) is 23.7 Å². The van der Waals surface area contributed by atoms with Gasteiger partial charge in [-0.25, -0.2) is 9.87 Å². The number of rotatable bonds is 5. The third-order valence-corrected chi connectivity index (χ3v) is 5.27. The monoisotopic (exact) mass is 440 g/mol. The molecule has 0 spiro atoms. The first-order valence-electron chi connectivity index (χ1n) is 9.89. The summed E-state index contributed by atoms with van der Waals surface area (Å²) in [5.41, 5.74) is 7.66. The Kier molecular flexibility index (Phi) is 6.15. The molecule has 4 rings (SSSR count). The first-order chi connectivity index (χ1) is 14.9. The maximum atomic E-state index is 14.3. The van der Waals surface area contributed by atoms with Gasteiger partial charge in [0.1, 0.15) is 0 Å². The normalized spacial score (nSPS) is 15.9. The van der Waals surface area contributed by atoms with Crippen LogP contribution in [0.2, 0.25) is 5.02 Å². The molecule has 0 aliphatic carbocycles. The zero-order valence-corrected chi connectivity index (χ0v) is 18.2. The molecule has 1 unspecified atom stereocenters. The maximum absolute atomic E-state index is 14.3. The Balaban J connectivity index is 1.65. The Morgan fingerprint density at radius 3 is 2.84 bits per heavy atom. The molecule has 0 fully saturated rings. The van der Waals surface area contributed by atoms with E-state index in [-0.39, 0.29) is 22.7 Å². The van der Waals surface area contributed by atoms with Crippen LogP contribution in [0.15, 0.2) is 47.5 Å². The summed E-state index contributed by atoms with van der Waals surface area (Å²) in [5.74, 6) is -0.151. The van der Waals surface area contributed by atoms with Crippen molar-refractivity contribution >= 4 is 17.4 Å². The topological polar surface area (TPSA) is 68.6 Å². The lowest BCUT2D eigenvalue weighted by Crippen LogP contribution is -2.37. The van der Waals surface area contributed by atoms with Crippen molar-refractivity contribution in [1.82, 2.24) is 15.7 Å². The van der Waals surface area contributed by atoms with Crippen molar-refractivity contribution in [2.24, 2.45) is 4.99 Å². The van der Waals surface area contributed by atoms with E-state index in [1.54, 1.807) is 19.1 Å². The largest absolute Gasteiger partial charge is 0.434 e. The summed E-state index contributed by atoms with van der Waals surface area (Å²) in [6.07, 6.45) is 0.731. The zero-order valence-electron chi connectivity index (χ0n) is 17.4.